The van der Waals surface area contributed by atoms with E-state index in [4.69, 9.17) is 27.1 Å². The molecule has 0 bridgehead atoms. The number of hydrogen-bond acceptors (Lipinski definition) is 1. The summed E-state index contributed by atoms with van der Waals surface area (Å²) in [6.45, 7) is 2.71. The minimum Gasteiger partial charge on any atom is -0.400 e. The zero-order valence-corrected chi connectivity index (χ0v) is 11.4. The van der Waals surface area contributed by atoms with Crippen molar-refractivity contribution < 1.29 is 4.43 Å². The molecular formula is C11H16Cl2OSi. The van der Waals surface area contributed by atoms with Gasteiger partial charge in [0.05, 0.1) is 0 Å². The van der Waals surface area contributed by atoms with Crippen LogP contribution in [0.2, 0.25) is 6.55 Å². The first-order valence-electron chi connectivity index (χ1n) is 5.11. The van der Waals surface area contributed by atoms with Gasteiger partial charge in [0.15, 0.2) is 0 Å². The van der Waals surface area contributed by atoms with E-state index >= 15 is 0 Å². The van der Waals surface area contributed by atoms with Crippen LogP contribution in [0.25, 0.3) is 0 Å². The van der Waals surface area contributed by atoms with Gasteiger partial charge in [0.25, 0.3) is 0 Å². The third-order valence-electron chi connectivity index (χ3n) is 2.19. The van der Waals surface area contributed by atoms with Gasteiger partial charge in [0, 0.05) is 12.5 Å². The van der Waals surface area contributed by atoms with E-state index in [1.54, 1.807) is 0 Å². The molecular weight excluding hydrogens is 247 g/mol. The molecule has 0 saturated carbocycles. The normalized spacial score (nSPS) is 14.9. The van der Waals surface area contributed by atoms with Crippen LogP contribution in [0.3, 0.4) is 0 Å². The van der Waals surface area contributed by atoms with Crippen LogP contribution >= 0.6 is 22.7 Å². The Morgan fingerprint density at radius 1 is 1.20 bits per heavy atom. The van der Waals surface area contributed by atoms with E-state index in [1.165, 1.54) is 0 Å². The lowest BCUT2D eigenvalue weighted by molar-refractivity contribution is 0.315. The number of rotatable bonds is 6. The van der Waals surface area contributed by atoms with Gasteiger partial charge in [-0.1, -0.05) is 30.3 Å². The molecule has 4 heteroatoms. The van der Waals surface area contributed by atoms with Crippen molar-refractivity contribution in [1.29, 1.82) is 0 Å². The molecule has 1 rings (SSSR count). The minimum atomic E-state index is -2.20. The second kappa shape index (κ2) is 6.54. The van der Waals surface area contributed by atoms with Gasteiger partial charge in [-0.2, -0.15) is 0 Å². The number of hydrogen-bond donors (Lipinski definition) is 0. The molecule has 0 saturated heterocycles. The highest BCUT2D eigenvalue weighted by molar-refractivity contribution is 7.23. The maximum absolute atomic E-state index is 6.42. The highest BCUT2D eigenvalue weighted by atomic mass is 35.6. The van der Waals surface area contributed by atoms with E-state index in [-0.39, 0.29) is 0 Å². The van der Waals surface area contributed by atoms with E-state index in [1.807, 2.05) is 36.9 Å². The van der Waals surface area contributed by atoms with E-state index in [2.05, 4.69) is 0 Å². The van der Waals surface area contributed by atoms with E-state index < -0.39 is 7.63 Å². The Bertz CT molecular complexity index is 277. The highest BCUT2D eigenvalue weighted by Gasteiger charge is 2.28. The molecule has 0 radical (unpaired) electrons. The van der Waals surface area contributed by atoms with Crippen LogP contribution < -0.4 is 5.19 Å². The van der Waals surface area contributed by atoms with Gasteiger partial charge >= 0.3 is 7.63 Å². The topological polar surface area (TPSA) is 9.23 Å². The Hall–Kier alpha value is -0.0231. The average molecular weight is 263 g/mol. The molecule has 0 aliphatic heterocycles. The maximum atomic E-state index is 6.42. The largest absolute Gasteiger partial charge is 0.400 e. The number of unbranched alkanes of at least 4 members (excludes halogenated alkanes) is 1. The molecule has 1 atom stereocenters. The lowest BCUT2D eigenvalue weighted by Gasteiger charge is -2.20. The minimum absolute atomic E-state index is 0.690. The molecule has 0 fully saturated rings. The molecule has 0 N–H and O–H groups in total. The van der Waals surface area contributed by atoms with Crippen LogP contribution in [0, 0.1) is 0 Å². The van der Waals surface area contributed by atoms with Crippen molar-refractivity contribution in [3.63, 3.8) is 0 Å². The Labute approximate surface area is 102 Å². The summed E-state index contributed by atoms with van der Waals surface area (Å²) in [5.41, 5.74) is 0. The quantitative estimate of drug-likeness (QED) is 0.331. The smallest absolute Gasteiger partial charge is 0.319 e. The Balaban J connectivity index is 2.45. The second-order valence-corrected chi connectivity index (χ2v) is 8.77. The zero-order chi connectivity index (χ0) is 11.1. The van der Waals surface area contributed by atoms with Crippen molar-refractivity contribution >= 4 is 35.5 Å². The number of halogens is 2. The second-order valence-electron chi connectivity index (χ2n) is 3.53. The van der Waals surface area contributed by atoms with E-state index in [0.29, 0.717) is 12.5 Å². The SMILES string of the molecule is C[Si](Cl)(OCCCCCl)c1ccccc1. The monoisotopic (exact) mass is 262 g/mol. The third-order valence-corrected chi connectivity index (χ3v) is 5.55. The van der Waals surface area contributed by atoms with Crippen molar-refractivity contribution in [3.8, 4) is 0 Å². The van der Waals surface area contributed by atoms with E-state index in [9.17, 15) is 0 Å². The van der Waals surface area contributed by atoms with Crippen LogP contribution in [0.1, 0.15) is 12.8 Å². The predicted octanol–water partition coefficient (Wildman–Crippen LogP) is 3.24. The average Bonchev–Trinajstić information content (AvgIpc) is 2.26. The molecule has 0 spiro atoms. The summed E-state index contributed by atoms with van der Waals surface area (Å²) in [6, 6.07) is 10.0. The molecule has 84 valence electrons. The van der Waals surface area contributed by atoms with Crippen LogP contribution in [0.15, 0.2) is 30.3 Å². The van der Waals surface area contributed by atoms with Gasteiger partial charge < -0.3 is 4.43 Å². The fourth-order valence-electron chi connectivity index (χ4n) is 1.28. The van der Waals surface area contributed by atoms with Crippen molar-refractivity contribution in [1.82, 2.24) is 0 Å². The van der Waals surface area contributed by atoms with Crippen molar-refractivity contribution in [2.24, 2.45) is 0 Å². The molecule has 0 amide bonds. The number of benzene rings is 1. The van der Waals surface area contributed by atoms with Gasteiger partial charge in [-0.3, -0.25) is 0 Å². The Morgan fingerprint density at radius 2 is 1.87 bits per heavy atom. The Kier molecular flexibility index (Phi) is 5.68. The molecule has 0 aliphatic rings. The Morgan fingerprint density at radius 3 is 2.47 bits per heavy atom. The van der Waals surface area contributed by atoms with Gasteiger partial charge in [0.1, 0.15) is 0 Å². The third kappa shape index (κ3) is 4.56. The first-order valence-corrected chi connectivity index (χ1v) is 9.06. The lowest BCUT2D eigenvalue weighted by atomic mass is 10.4. The van der Waals surface area contributed by atoms with Crippen LogP contribution in [0.5, 0.6) is 0 Å². The fraction of sp³-hybridized carbons (Fsp3) is 0.455. The van der Waals surface area contributed by atoms with Gasteiger partial charge in [0.2, 0.25) is 0 Å². The summed E-state index contributed by atoms with van der Waals surface area (Å²) in [6.07, 6.45) is 1.96. The van der Waals surface area contributed by atoms with Crippen molar-refractivity contribution in [2.75, 3.05) is 12.5 Å². The van der Waals surface area contributed by atoms with Gasteiger partial charge in [-0.25, -0.2) is 0 Å². The summed E-state index contributed by atoms with van der Waals surface area (Å²) in [4.78, 5) is 0. The lowest BCUT2D eigenvalue weighted by Crippen LogP contribution is -2.42. The molecule has 1 unspecified atom stereocenters. The molecule has 1 aromatic rings. The van der Waals surface area contributed by atoms with Crippen molar-refractivity contribution in [3.05, 3.63) is 30.3 Å². The highest BCUT2D eigenvalue weighted by Crippen LogP contribution is 2.11. The molecule has 0 aromatic heterocycles. The predicted molar refractivity (Wildman–Crippen MR) is 69.5 cm³/mol. The summed E-state index contributed by atoms with van der Waals surface area (Å²) >= 11 is 12.0. The maximum Gasteiger partial charge on any atom is 0.319 e. The van der Waals surface area contributed by atoms with Crippen LogP contribution in [-0.4, -0.2) is 20.1 Å². The summed E-state index contributed by atoms with van der Waals surface area (Å²) in [5.74, 6) is 0.690. The first kappa shape index (κ1) is 13.0. The zero-order valence-electron chi connectivity index (χ0n) is 8.88. The number of alkyl halides is 1. The molecule has 1 aromatic carbocycles. The molecule has 0 heterocycles. The standard InChI is InChI=1S/C11H16Cl2OSi/c1-15(13,14-10-6-5-9-12)11-7-3-2-4-8-11/h2-4,7-8H,5-6,9-10H2,1H3. The molecule has 15 heavy (non-hydrogen) atoms. The summed E-state index contributed by atoms with van der Waals surface area (Å²) in [7, 11) is -2.20. The summed E-state index contributed by atoms with van der Waals surface area (Å²) in [5, 5.41) is 1.12. The van der Waals surface area contributed by atoms with Crippen LogP contribution in [0.4, 0.5) is 0 Å². The van der Waals surface area contributed by atoms with Gasteiger partial charge in [-0.05, 0) is 24.6 Å². The summed E-state index contributed by atoms with van der Waals surface area (Å²) < 4.78 is 5.76. The molecule has 0 aliphatic carbocycles. The van der Waals surface area contributed by atoms with E-state index in [0.717, 1.165) is 18.0 Å². The van der Waals surface area contributed by atoms with Gasteiger partial charge in [-0.15, -0.1) is 22.7 Å². The fourth-order valence-corrected chi connectivity index (χ4v) is 3.56. The molecule has 1 nitrogen and oxygen atoms in total. The van der Waals surface area contributed by atoms with Crippen molar-refractivity contribution in [2.45, 2.75) is 19.4 Å². The van der Waals surface area contributed by atoms with Crippen LogP contribution in [-0.2, 0) is 4.43 Å². The first-order chi connectivity index (χ1) is 7.17.